The summed E-state index contributed by atoms with van der Waals surface area (Å²) in [5.74, 6) is 1.85. The van der Waals surface area contributed by atoms with Gasteiger partial charge in [0, 0.05) is 5.38 Å². The monoisotopic (exact) mass is 268 g/mol. The number of hydrogen-bond acceptors (Lipinski definition) is 0. The van der Waals surface area contributed by atoms with Crippen LogP contribution < -0.4 is 0 Å². The molecule has 1 fully saturated rings. The second-order valence-electron chi connectivity index (χ2n) is 5.93. The Morgan fingerprint density at radius 2 is 2.11 bits per heavy atom. The highest BCUT2D eigenvalue weighted by molar-refractivity contribution is 6.20. The molecule has 1 aromatic carbocycles. The van der Waals surface area contributed by atoms with Gasteiger partial charge in [0.15, 0.2) is 0 Å². The molecule has 1 aliphatic carbocycles. The number of rotatable bonds is 3. The molecular weight excluding hydrogens is 247 g/mol. The summed E-state index contributed by atoms with van der Waals surface area (Å²) >= 11 is 6.45. The summed E-state index contributed by atoms with van der Waals surface area (Å²) in [5, 5.41) is 0.253. The topological polar surface area (TPSA) is 0 Å². The van der Waals surface area contributed by atoms with Crippen molar-refractivity contribution < 1.29 is 4.39 Å². The van der Waals surface area contributed by atoms with Crippen LogP contribution in [0.15, 0.2) is 24.3 Å². The summed E-state index contributed by atoms with van der Waals surface area (Å²) in [6, 6.07) is 6.93. The molecule has 0 saturated heterocycles. The zero-order valence-corrected chi connectivity index (χ0v) is 12.0. The van der Waals surface area contributed by atoms with Crippen molar-refractivity contribution >= 4 is 11.6 Å². The predicted octanol–water partition coefficient (Wildman–Crippen LogP) is 5.05. The zero-order chi connectivity index (χ0) is 13.1. The summed E-state index contributed by atoms with van der Waals surface area (Å²) in [7, 11) is 0. The van der Waals surface area contributed by atoms with Gasteiger partial charge in [-0.1, -0.05) is 26.0 Å². The predicted molar refractivity (Wildman–Crippen MR) is 75.4 cm³/mol. The van der Waals surface area contributed by atoms with Crippen LogP contribution in [0, 0.1) is 23.6 Å². The molecule has 0 bridgehead atoms. The van der Waals surface area contributed by atoms with Gasteiger partial charge < -0.3 is 0 Å². The summed E-state index contributed by atoms with van der Waals surface area (Å²) in [4.78, 5) is 0. The van der Waals surface area contributed by atoms with Crippen LogP contribution in [0.3, 0.4) is 0 Å². The molecule has 18 heavy (non-hydrogen) atoms. The van der Waals surface area contributed by atoms with Gasteiger partial charge in [-0.25, -0.2) is 4.39 Å². The fourth-order valence-electron chi connectivity index (χ4n) is 3.05. The van der Waals surface area contributed by atoms with Gasteiger partial charge in [0.05, 0.1) is 0 Å². The fourth-order valence-corrected chi connectivity index (χ4v) is 3.36. The highest BCUT2D eigenvalue weighted by Gasteiger charge is 2.30. The highest BCUT2D eigenvalue weighted by Crippen LogP contribution is 2.38. The minimum absolute atomic E-state index is 0.144. The Morgan fingerprint density at radius 1 is 1.33 bits per heavy atom. The van der Waals surface area contributed by atoms with E-state index in [1.165, 1.54) is 18.9 Å². The molecule has 2 heteroatoms. The molecule has 0 heterocycles. The maximum Gasteiger partial charge on any atom is 0.123 e. The standard InChI is InChI=1S/C16H22ClF/c1-11(2)13-6-7-16(17)14(10-13)8-12-4-3-5-15(18)9-12/h3-5,9,11,13-14,16H,6-8,10H2,1-2H3. The van der Waals surface area contributed by atoms with Crippen LogP contribution in [0.1, 0.15) is 38.7 Å². The Hall–Kier alpha value is -0.560. The lowest BCUT2D eigenvalue weighted by molar-refractivity contribution is 0.218. The Balaban J connectivity index is 2.02. The van der Waals surface area contributed by atoms with Gasteiger partial charge in [-0.15, -0.1) is 11.6 Å². The van der Waals surface area contributed by atoms with Crippen molar-refractivity contribution in [3.05, 3.63) is 35.6 Å². The fraction of sp³-hybridized carbons (Fsp3) is 0.625. The summed E-state index contributed by atoms with van der Waals surface area (Å²) in [5.41, 5.74) is 1.08. The van der Waals surface area contributed by atoms with Crippen molar-refractivity contribution in [1.29, 1.82) is 0 Å². The van der Waals surface area contributed by atoms with Crippen molar-refractivity contribution in [2.45, 2.75) is 44.9 Å². The molecule has 0 nitrogen and oxygen atoms in total. The lowest BCUT2D eigenvalue weighted by Crippen LogP contribution is -2.29. The van der Waals surface area contributed by atoms with Gasteiger partial charge in [0.1, 0.15) is 5.82 Å². The first-order chi connectivity index (χ1) is 8.56. The van der Waals surface area contributed by atoms with Crippen molar-refractivity contribution in [2.24, 2.45) is 17.8 Å². The van der Waals surface area contributed by atoms with E-state index in [4.69, 9.17) is 11.6 Å². The maximum absolute atomic E-state index is 13.2. The van der Waals surface area contributed by atoms with Gasteiger partial charge in [-0.3, -0.25) is 0 Å². The summed E-state index contributed by atoms with van der Waals surface area (Å²) in [6.45, 7) is 4.58. The molecule has 3 unspecified atom stereocenters. The Kier molecular flexibility index (Phi) is 4.66. The third-order valence-electron chi connectivity index (χ3n) is 4.26. The second kappa shape index (κ2) is 6.06. The van der Waals surface area contributed by atoms with Gasteiger partial charge in [-0.2, -0.15) is 0 Å². The zero-order valence-electron chi connectivity index (χ0n) is 11.2. The number of hydrogen-bond donors (Lipinski definition) is 0. The first-order valence-electron chi connectivity index (χ1n) is 6.94. The Labute approximate surface area is 115 Å². The molecule has 1 aromatic rings. The second-order valence-corrected chi connectivity index (χ2v) is 6.49. The van der Waals surface area contributed by atoms with E-state index in [9.17, 15) is 4.39 Å². The van der Waals surface area contributed by atoms with Crippen LogP contribution in [-0.4, -0.2) is 5.38 Å². The SMILES string of the molecule is CC(C)C1CCC(Cl)C(Cc2cccc(F)c2)C1. The van der Waals surface area contributed by atoms with Crippen molar-refractivity contribution in [3.8, 4) is 0 Å². The van der Waals surface area contributed by atoms with Gasteiger partial charge in [0.25, 0.3) is 0 Å². The normalized spacial score (nSPS) is 28.6. The van der Waals surface area contributed by atoms with Gasteiger partial charge >= 0.3 is 0 Å². The van der Waals surface area contributed by atoms with E-state index in [2.05, 4.69) is 13.8 Å². The number of benzene rings is 1. The van der Waals surface area contributed by atoms with E-state index in [1.807, 2.05) is 6.07 Å². The molecule has 0 aliphatic heterocycles. The van der Waals surface area contributed by atoms with Crippen molar-refractivity contribution in [3.63, 3.8) is 0 Å². The highest BCUT2D eigenvalue weighted by atomic mass is 35.5. The van der Waals surface area contributed by atoms with E-state index in [1.54, 1.807) is 12.1 Å². The van der Waals surface area contributed by atoms with E-state index in [0.29, 0.717) is 5.92 Å². The van der Waals surface area contributed by atoms with Crippen LogP contribution in [0.25, 0.3) is 0 Å². The minimum atomic E-state index is -0.144. The molecule has 1 aliphatic rings. The van der Waals surface area contributed by atoms with Crippen molar-refractivity contribution in [1.82, 2.24) is 0 Å². The summed E-state index contributed by atoms with van der Waals surface area (Å²) < 4.78 is 13.2. The van der Waals surface area contributed by atoms with E-state index >= 15 is 0 Å². The molecule has 0 spiro atoms. The van der Waals surface area contributed by atoms with Crippen molar-refractivity contribution in [2.75, 3.05) is 0 Å². The molecular formula is C16H22ClF. The molecule has 0 N–H and O–H groups in total. The quantitative estimate of drug-likeness (QED) is 0.673. The third-order valence-corrected chi connectivity index (χ3v) is 4.83. The number of alkyl halides is 1. The largest absolute Gasteiger partial charge is 0.207 e. The molecule has 0 radical (unpaired) electrons. The maximum atomic E-state index is 13.2. The van der Waals surface area contributed by atoms with Crippen LogP contribution in [0.4, 0.5) is 4.39 Å². The average Bonchev–Trinajstić information content (AvgIpc) is 2.31. The molecule has 2 rings (SSSR count). The van der Waals surface area contributed by atoms with E-state index in [0.717, 1.165) is 30.2 Å². The van der Waals surface area contributed by atoms with Gasteiger partial charge in [-0.05, 0) is 61.1 Å². The first-order valence-corrected chi connectivity index (χ1v) is 7.38. The minimum Gasteiger partial charge on any atom is -0.207 e. The summed E-state index contributed by atoms with van der Waals surface area (Å²) in [6.07, 6.45) is 4.44. The molecule has 3 atom stereocenters. The molecule has 100 valence electrons. The Bertz CT molecular complexity index is 388. The lowest BCUT2D eigenvalue weighted by Gasteiger charge is -2.35. The first kappa shape index (κ1) is 13.9. The van der Waals surface area contributed by atoms with E-state index in [-0.39, 0.29) is 11.2 Å². The molecule has 0 aromatic heterocycles. The van der Waals surface area contributed by atoms with Crippen LogP contribution in [-0.2, 0) is 6.42 Å². The van der Waals surface area contributed by atoms with Crippen LogP contribution in [0.5, 0.6) is 0 Å². The van der Waals surface area contributed by atoms with E-state index < -0.39 is 0 Å². The third kappa shape index (κ3) is 3.47. The Morgan fingerprint density at radius 3 is 2.78 bits per heavy atom. The lowest BCUT2D eigenvalue weighted by atomic mass is 9.74. The smallest absolute Gasteiger partial charge is 0.123 e. The van der Waals surface area contributed by atoms with Crippen LogP contribution >= 0.6 is 11.6 Å². The average molecular weight is 269 g/mol. The molecule has 1 saturated carbocycles. The van der Waals surface area contributed by atoms with Crippen LogP contribution in [0.2, 0.25) is 0 Å². The van der Waals surface area contributed by atoms with Gasteiger partial charge in [0.2, 0.25) is 0 Å². The molecule has 0 amide bonds. The number of halogens is 2.